The summed E-state index contributed by atoms with van der Waals surface area (Å²) in [4.78, 5) is 15.6. The summed E-state index contributed by atoms with van der Waals surface area (Å²) in [5.41, 5.74) is 10.2. The monoisotopic (exact) mass is 741 g/mol. The molecule has 3 aromatic heterocycles. The largest absolute Gasteiger partial charge is 0.456 e. The SMILES string of the molecule is c1ccc(-c2ccc(-c3nc(-c4ccc5ccccc5c4)nc(-c4cccc5oc6cccc(-c7cccc8c7oc7ccc9ccccc9c78)c6c45)n3)cc2)cc1. The van der Waals surface area contributed by atoms with Crippen molar-refractivity contribution < 1.29 is 8.83 Å². The van der Waals surface area contributed by atoms with Crippen molar-refractivity contribution in [3.05, 3.63) is 188 Å². The lowest BCUT2D eigenvalue weighted by molar-refractivity contribution is 0.669. The maximum atomic E-state index is 6.73. The van der Waals surface area contributed by atoms with Crippen molar-refractivity contribution >= 4 is 65.4 Å². The maximum Gasteiger partial charge on any atom is 0.164 e. The van der Waals surface area contributed by atoms with E-state index in [4.69, 9.17) is 23.8 Å². The fourth-order valence-electron chi connectivity index (χ4n) is 8.58. The van der Waals surface area contributed by atoms with Gasteiger partial charge in [0.25, 0.3) is 0 Å². The standard InChI is InChI=1S/C53H31N3O2/c1-2-11-32(12-3-1)34-23-26-36(27-24-34)51-54-52(38-28-25-33-13-4-5-15-37(33)31-38)56-53(55-51)43-20-10-22-45-49(43)48-40(17-9-21-44(48)57-45)41-18-8-19-42-47-39-16-7-6-14-35(39)29-30-46(47)58-50(41)42/h1-31H. The van der Waals surface area contributed by atoms with Gasteiger partial charge in [-0.15, -0.1) is 0 Å². The van der Waals surface area contributed by atoms with E-state index < -0.39 is 0 Å². The molecule has 0 saturated carbocycles. The van der Waals surface area contributed by atoms with Crippen molar-refractivity contribution in [1.29, 1.82) is 0 Å². The third-order valence-corrected chi connectivity index (χ3v) is 11.3. The van der Waals surface area contributed by atoms with Crippen LogP contribution in [-0.4, -0.2) is 15.0 Å². The number of aromatic nitrogens is 3. The first kappa shape index (κ1) is 32.4. The van der Waals surface area contributed by atoms with E-state index in [2.05, 4.69) is 164 Å². The molecule has 9 aromatic carbocycles. The Morgan fingerprint density at radius 2 is 0.845 bits per heavy atom. The van der Waals surface area contributed by atoms with E-state index in [0.29, 0.717) is 17.5 Å². The zero-order chi connectivity index (χ0) is 38.2. The minimum absolute atomic E-state index is 0.566. The number of furan rings is 2. The van der Waals surface area contributed by atoms with Crippen molar-refractivity contribution in [2.45, 2.75) is 0 Å². The van der Waals surface area contributed by atoms with Gasteiger partial charge in [0, 0.05) is 43.8 Å². The summed E-state index contributed by atoms with van der Waals surface area (Å²) < 4.78 is 13.4. The second kappa shape index (κ2) is 12.8. The van der Waals surface area contributed by atoms with E-state index in [1.54, 1.807) is 0 Å². The molecule has 5 heteroatoms. The molecular formula is C53H31N3O2. The Morgan fingerprint density at radius 3 is 1.67 bits per heavy atom. The molecule has 12 aromatic rings. The lowest BCUT2D eigenvalue weighted by atomic mass is 9.95. The molecule has 0 spiro atoms. The second-order valence-electron chi connectivity index (χ2n) is 14.7. The van der Waals surface area contributed by atoms with Crippen LogP contribution < -0.4 is 0 Å². The average Bonchev–Trinajstić information content (AvgIpc) is 3.88. The van der Waals surface area contributed by atoms with Crippen molar-refractivity contribution in [2.75, 3.05) is 0 Å². The van der Waals surface area contributed by atoms with Crippen LogP contribution in [0.25, 0.3) is 122 Å². The Labute approximate surface area is 332 Å². The Morgan fingerprint density at radius 1 is 0.293 bits per heavy atom. The lowest BCUT2D eigenvalue weighted by Gasteiger charge is -2.11. The maximum absolute atomic E-state index is 6.73. The van der Waals surface area contributed by atoms with Crippen LogP contribution in [0.2, 0.25) is 0 Å². The van der Waals surface area contributed by atoms with Gasteiger partial charge >= 0.3 is 0 Å². The fourth-order valence-corrected chi connectivity index (χ4v) is 8.58. The van der Waals surface area contributed by atoms with E-state index >= 15 is 0 Å². The molecule has 58 heavy (non-hydrogen) atoms. The second-order valence-corrected chi connectivity index (χ2v) is 14.7. The van der Waals surface area contributed by atoms with Crippen LogP contribution in [-0.2, 0) is 0 Å². The summed E-state index contributed by atoms with van der Waals surface area (Å²) >= 11 is 0. The van der Waals surface area contributed by atoms with Crippen molar-refractivity contribution in [3.63, 3.8) is 0 Å². The predicted octanol–water partition coefficient (Wildman–Crippen LogP) is 14.3. The van der Waals surface area contributed by atoms with Gasteiger partial charge in [0.05, 0.1) is 0 Å². The molecule has 12 rings (SSSR count). The molecule has 0 amide bonds. The molecular weight excluding hydrogens is 711 g/mol. The van der Waals surface area contributed by atoms with Crippen LogP contribution in [0.4, 0.5) is 0 Å². The molecule has 0 bridgehead atoms. The number of benzene rings is 9. The third kappa shape index (κ3) is 5.14. The number of nitrogens with zero attached hydrogens (tertiary/aromatic N) is 3. The van der Waals surface area contributed by atoms with Crippen LogP contribution >= 0.6 is 0 Å². The van der Waals surface area contributed by atoms with E-state index in [1.165, 1.54) is 10.8 Å². The van der Waals surface area contributed by atoms with Crippen LogP contribution in [0, 0.1) is 0 Å². The molecule has 3 heterocycles. The topological polar surface area (TPSA) is 65.0 Å². The van der Waals surface area contributed by atoms with E-state index in [1.807, 2.05) is 24.3 Å². The molecule has 0 N–H and O–H groups in total. The molecule has 0 aliphatic carbocycles. The highest BCUT2D eigenvalue weighted by molar-refractivity contribution is 6.23. The number of hydrogen-bond acceptors (Lipinski definition) is 5. The van der Waals surface area contributed by atoms with Gasteiger partial charge in [-0.1, -0.05) is 164 Å². The lowest BCUT2D eigenvalue weighted by Crippen LogP contribution is -2.00. The van der Waals surface area contributed by atoms with Crippen LogP contribution in [0.15, 0.2) is 197 Å². The van der Waals surface area contributed by atoms with Gasteiger partial charge in [0.1, 0.15) is 22.3 Å². The highest BCUT2D eigenvalue weighted by Crippen LogP contribution is 2.45. The molecule has 0 radical (unpaired) electrons. The molecule has 0 saturated heterocycles. The minimum atomic E-state index is 0.566. The Balaban J connectivity index is 1.09. The summed E-state index contributed by atoms with van der Waals surface area (Å²) in [5, 5.41) is 8.75. The van der Waals surface area contributed by atoms with Gasteiger partial charge < -0.3 is 8.83 Å². The molecule has 270 valence electrons. The van der Waals surface area contributed by atoms with Crippen LogP contribution in [0.3, 0.4) is 0 Å². The molecule has 0 aliphatic rings. The van der Waals surface area contributed by atoms with Gasteiger partial charge in [-0.2, -0.15) is 0 Å². The predicted molar refractivity (Wildman–Crippen MR) is 237 cm³/mol. The zero-order valence-corrected chi connectivity index (χ0v) is 31.1. The number of rotatable bonds is 5. The molecule has 0 fully saturated rings. The van der Waals surface area contributed by atoms with E-state index in [0.717, 1.165) is 93.6 Å². The van der Waals surface area contributed by atoms with Crippen molar-refractivity contribution in [1.82, 2.24) is 15.0 Å². The highest BCUT2D eigenvalue weighted by atomic mass is 16.3. The minimum Gasteiger partial charge on any atom is -0.456 e. The quantitative estimate of drug-likeness (QED) is 0.176. The summed E-state index contributed by atoms with van der Waals surface area (Å²) in [6, 6.07) is 65.0. The Bertz CT molecular complexity index is 3570. The van der Waals surface area contributed by atoms with Crippen molar-refractivity contribution in [2.24, 2.45) is 0 Å². The first-order valence-electron chi connectivity index (χ1n) is 19.4. The smallest absolute Gasteiger partial charge is 0.164 e. The molecule has 0 aliphatic heterocycles. The van der Waals surface area contributed by atoms with Crippen molar-refractivity contribution in [3.8, 4) is 56.4 Å². The summed E-state index contributed by atoms with van der Waals surface area (Å²) in [7, 11) is 0. The van der Waals surface area contributed by atoms with Gasteiger partial charge in [-0.3, -0.25) is 0 Å². The fraction of sp³-hybridized carbons (Fsp3) is 0. The summed E-state index contributed by atoms with van der Waals surface area (Å²) in [5.74, 6) is 1.76. The first-order chi connectivity index (χ1) is 28.7. The van der Waals surface area contributed by atoms with E-state index in [9.17, 15) is 0 Å². The van der Waals surface area contributed by atoms with Gasteiger partial charge in [0.15, 0.2) is 17.5 Å². The molecule has 0 atom stereocenters. The van der Waals surface area contributed by atoms with Crippen LogP contribution in [0.1, 0.15) is 0 Å². The number of para-hydroxylation sites is 1. The van der Waals surface area contributed by atoms with Gasteiger partial charge in [0.2, 0.25) is 0 Å². The molecule has 0 unspecified atom stereocenters. The zero-order valence-electron chi connectivity index (χ0n) is 31.1. The Hall–Kier alpha value is -7.89. The number of hydrogen-bond donors (Lipinski definition) is 0. The number of fused-ring (bicyclic) bond motifs is 9. The average molecular weight is 742 g/mol. The van der Waals surface area contributed by atoms with Gasteiger partial charge in [-0.25, -0.2) is 15.0 Å². The van der Waals surface area contributed by atoms with Gasteiger partial charge in [-0.05, 0) is 62.5 Å². The van der Waals surface area contributed by atoms with E-state index in [-0.39, 0.29) is 0 Å². The third-order valence-electron chi connectivity index (χ3n) is 11.3. The Kier molecular flexibility index (Phi) is 7.16. The van der Waals surface area contributed by atoms with Crippen LogP contribution in [0.5, 0.6) is 0 Å². The first-order valence-corrected chi connectivity index (χ1v) is 19.4. The molecule has 5 nitrogen and oxygen atoms in total. The highest BCUT2D eigenvalue weighted by Gasteiger charge is 2.22. The normalized spacial score (nSPS) is 11.8. The summed E-state index contributed by atoms with van der Waals surface area (Å²) in [6.07, 6.45) is 0. The summed E-state index contributed by atoms with van der Waals surface area (Å²) in [6.45, 7) is 0.